The second-order valence-corrected chi connectivity index (χ2v) is 13.4. The van der Waals surface area contributed by atoms with Gasteiger partial charge in [-0.2, -0.15) is 0 Å². The number of methoxy groups -OCH3 is 1. The Balaban J connectivity index is 1.88. The summed E-state index contributed by atoms with van der Waals surface area (Å²) >= 11 is 6.32. The normalized spacial score (nSPS) is 11.8. The Kier molecular flexibility index (Phi) is 11.8. The fourth-order valence-corrected chi connectivity index (χ4v) is 6.78. The van der Waals surface area contributed by atoms with Crippen molar-refractivity contribution in [1.82, 2.24) is 10.2 Å². The average Bonchev–Trinajstić information content (AvgIpc) is 3.06. The van der Waals surface area contributed by atoms with Gasteiger partial charge >= 0.3 is 0 Å². The van der Waals surface area contributed by atoms with E-state index < -0.39 is 49.9 Å². The first-order valence-electron chi connectivity index (χ1n) is 15.1. The number of nitro benzene ring substituents is 1. The number of hydrogen-bond acceptors (Lipinski definition) is 7. The van der Waals surface area contributed by atoms with Crippen LogP contribution in [-0.2, 0) is 32.6 Å². The molecule has 1 unspecified atom stereocenters. The van der Waals surface area contributed by atoms with Crippen molar-refractivity contribution in [2.45, 2.75) is 44.7 Å². The fraction of sp³-hybridized carbons (Fsp3) is 0.257. The van der Waals surface area contributed by atoms with Gasteiger partial charge in [0, 0.05) is 36.2 Å². The number of carbonyl (C=O) groups is 2. The number of amides is 2. The largest absolute Gasteiger partial charge is 0.495 e. The molecule has 252 valence electrons. The molecule has 11 nitrogen and oxygen atoms in total. The first-order valence-corrected chi connectivity index (χ1v) is 17.0. The van der Waals surface area contributed by atoms with Gasteiger partial charge in [0.25, 0.3) is 15.7 Å². The molecule has 0 radical (unpaired) electrons. The Morgan fingerprint density at radius 2 is 1.65 bits per heavy atom. The Hall–Kier alpha value is -4.94. The first kappa shape index (κ1) is 35.9. The van der Waals surface area contributed by atoms with Crippen molar-refractivity contribution >= 4 is 44.8 Å². The van der Waals surface area contributed by atoms with Gasteiger partial charge in [-0.05, 0) is 56.2 Å². The van der Waals surface area contributed by atoms with E-state index in [1.54, 1.807) is 6.92 Å². The van der Waals surface area contributed by atoms with Crippen molar-refractivity contribution in [3.63, 3.8) is 0 Å². The summed E-state index contributed by atoms with van der Waals surface area (Å²) in [6.07, 6.45) is 0.154. The second-order valence-electron chi connectivity index (χ2n) is 11.1. The summed E-state index contributed by atoms with van der Waals surface area (Å²) in [5, 5.41) is 14.7. The molecule has 0 saturated heterocycles. The van der Waals surface area contributed by atoms with Crippen molar-refractivity contribution in [2.75, 3.05) is 24.5 Å². The number of carbonyl (C=O) groups excluding carboxylic acids is 2. The molecule has 4 aromatic rings. The lowest BCUT2D eigenvalue weighted by molar-refractivity contribution is -0.385. The highest BCUT2D eigenvalue weighted by Crippen LogP contribution is 2.36. The number of nitrogens with zero attached hydrogens (tertiary/aromatic N) is 3. The molecule has 0 aromatic heterocycles. The standard InChI is InChI=1S/C35H37ClN4O7S/c1-5-37-35(42)32(19-26-9-7-6-8-10-26)38(22-27-14-11-24(2)12-15-27)34(41)23-39(31-20-28(36)16-18-33(31)47-4)48(45,46)29-17-13-25(3)30(21-29)40(43)44/h6-18,20-21,32H,5,19,22-23H2,1-4H3,(H,37,42). The van der Waals surface area contributed by atoms with E-state index in [0.717, 1.165) is 27.1 Å². The Morgan fingerprint density at radius 1 is 0.958 bits per heavy atom. The molecule has 0 aliphatic carbocycles. The molecule has 0 fully saturated rings. The number of rotatable bonds is 14. The minimum Gasteiger partial charge on any atom is -0.495 e. The third-order valence-electron chi connectivity index (χ3n) is 7.75. The van der Waals surface area contributed by atoms with Crippen LogP contribution in [0.3, 0.4) is 0 Å². The Labute approximate surface area is 285 Å². The van der Waals surface area contributed by atoms with Crippen LogP contribution in [0.25, 0.3) is 0 Å². The van der Waals surface area contributed by atoms with Gasteiger partial charge in [0.05, 0.1) is 22.6 Å². The van der Waals surface area contributed by atoms with Crippen LogP contribution in [-0.4, -0.2) is 56.3 Å². The number of nitrogens with one attached hydrogen (secondary N) is 1. The molecule has 0 heterocycles. The van der Waals surface area contributed by atoms with Crippen molar-refractivity contribution in [3.05, 3.63) is 128 Å². The lowest BCUT2D eigenvalue weighted by Crippen LogP contribution is -2.53. The lowest BCUT2D eigenvalue weighted by Gasteiger charge is -2.34. The molecule has 0 saturated carbocycles. The van der Waals surface area contributed by atoms with Crippen LogP contribution >= 0.6 is 11.6 Å². The van der Waals surface area contributed by atoms with Gasteiger partial charge < -0.3 is 15.0 Å². The summed E-state index contributed by atoms with van der Waals surface area (Å²) in [7, 11) is -3.32. The average molecular weight is 693 g/mol. The molecule has 4 aromatic carbocycles. The summed E-state index contributed by atoms with van der Waals surface area (Å²) in [6.45, 7) is 4.71. The third-order valence-corrected chi connectivity index (χ3v) is 9.74. The van der Waals surface area contributed by atoms with E-state index in [4.69, 9.17) is 16.3 Å². The SMILES string of the molecule is CCNC(=O)C(Cc1ccccc1)N(Cc1ccc(C)cc1)C(=O)CN(c1cc(Cl)ccc1OC)S(=O)(=O)c1ccc(C)c([N+](=O)[O-])c1. The highest BCUT2D eigenvalue weighted by Gasteiger charge is 2.36. The number of ether oxygens (including phenoxy) is 1. The van der Waals surface area contributed by atoms with Gasteiger partial charge in [-0.25, -0.2) is 8.42 Å². The quantitative estimate of drug-likeness (QED) is 0.129. The highest BCUT2D eigenvalue weighted by atomic mass is 35.5. The van der Waals surface area contributed by atoms with E-state index in [1.807, 2.05) is 61.5 Å². The van der Waals surface area contributed by atoms with Crippen LogP contribution in [0.1, 0.15) is 29.2 Å². The minimum atomic E-state index is -4.66. The van der Waals surface area contributed by atoms with Crippen molar-refractivity contribution in [3.8, 4) is 5.75 Å². The van der Waals surface area contributed by atoms with Gasteiger partial charge in [-0.15, -0.1) is 0 Å². The summed E-state index contributed by atoms with van der Waals surface area (Å²) in [5.41, 5.74) is 2.31. The molecule has 0 aliphatic heterocycles. The highest BCUT2D eigenvalue weighted by molar-refractivity contribution is 7.92. The van der Waals surface area contributed by atoms with E-state index >= 15 is 0 Å². The molecule has 13 heteroatoms. The first-order chi connectivity index (χ1) is 22.8. The number of hydrogen-bond donors (Lipinski definition) is 1. The fourth-order valence-electron chi connectivity index (χ4n) is 5.18. The maximum absolute atomic E-state index is 14.6. The van der Waals surface area contributed by atoms with Crippen molar-refractivity contribution in [2.24, 2.45) is 0 Å². The summed E-state index contributed by atoms with van der Waals surface area (Å²) < 4.78 is 35.1. The molecule has 0 aliphatic rings. The topological polar surface area (TPSA) is 139 Å². The number of halogens is 1. The zero-order chi connectivity index (χ0) is 35.0. The van der Waals surface area contributed by atoms with Gasteiger partial charge in [-0.3, -0.25) is 24.0 Å². The molecule has 1 atom stereocenters. The monoisotopic (exact) mass is 692 g/mol. The van der Waals surface area contributed by atoms with Gasteiger partial charge in [0.2, 0.25) is 11.8 Å². The molecular formula is C35H37ClN4O7S. The smallest absolute Gasteiger partial charge is 0.273 e. The predicted molar refractivity (Wildman–Crippen MR) is 185 cm³/mol. The Bertz CT molecular complexity index is 1890. The number of sulfonamides is 1. The number of anilines is 1. The molecular weight excluding hydrogens is 656 g/mol. The summed E-state index contributed by atoms with van der Waals surface area (Å²) in [6, 6.07) is 23.4. The number of aryl methyl sites for hydroxylation is 2. The lowest BCUT2D eigenvalue weighted by atomic mass is 10.0. The van der Waals surface area contributed by atoms with Gasteiger partial charge in [0.1, 0.15) is 18.3 Å². The number of likely N-dealkylation sites (N-methyl/N-ethyl adjacent to an activating group) is 1. The van der Waals surface area contributed by atoms with Crippen LogP contribution in [0.15, 0.2) is 95.9 Å². The van der Waals surface area contributed by atoms with Gasteiger partial charge in [0.15, 0.2) is 0 Å². The van der Waals surface area contributed by atoms with E-state index in [0.29, 0.717) is 6.54 Å². The minimum absolute atomic E-state index is 0.00960. The molecule has 1 N–H and O–H groups in total. The van der Waals surface area contributed by atoms with Crippen molar-refractivity contribution in [1.29, 1.82) is 0 Å². The van der Waals surface area contributed by atoms with E-state index in [9.17, 15) is 28.1 Å². The van der Waals surface area contributed by atoms with Crippen molar-refractivity contribution < 1.29 is 27.7 Å². The number of benzene rings is 4. The summed E-state index contributed by atoms with van der Waals surface area (Å²) in [4.78, 5) is 40.3. The zero-order valence-corrected chi connectivity index (χ0v) is 28.6. The molecule has 4 rings (SSSR count). The van der Waals surface area contributed by atoms with Crippen LogP contribution < -0.4 is 14.4 Å². The van der Waals surface area contributed by atoms with E-state index in [2.05, 4.69) is 5.32 Å². The van der Waals surface area contributed by atoms with Gasteiger partial charge in [-0.1, -0.05) is 77.8 Å². The maximum Gasteiger partial charge on any atom is 0.273 e. The van der Waals surface area contributed by atoms with E-state index in [-0.39, 0.29) is 35.0 Å². The molecule has 2 amide bonds. The maximum atomic E-state index is 14.6. The van der Waals surface area contributed by atoms with Crippen LogP contribution in [0.5, 0.6) is 5.75 Å². The molecule has 0 bridgehead atoms. The van der Waals surface area contributed by atoms with Crippen LogP contribution in [0.2, 0.25) is 5.02 Å². The third kappa shape index (κ3) is 8.50. The second kappa shape index (κ2) is 15.8. The van der Waals surface area contributed by atoms with E-state index in [1.165, 1.54) is 49.3 Å². The molecule has 0 spiro atoms. The summed E-state index contributed by atoms with van der Waals surface area (Å²) in [5.74, 6) is -1.02. The number of nitro groups is 1. The van der Waals surface area contributed by atoms with Crippen LogP contribution in [0.4, 0.5) is 11.4 Å². The predicted octanol–water partition coefficient (Wildman–Crippen LogP) is 5.85. The van der Waals surface area contributed by atoms with Crippen LogP contribution in [0, 0.1) is 24.0 Å². The Morgan fingerprint density at radius 3 is 2.27 bits per heavy atom. The zero-order valence-electron chi connectivity index (χ0n) is 27.1. The molecule has 48 heavy (non-hydrogen) atoms.